The van der Waals surface area contributed by atoms with Crippen LogP contribution < -0.4 is 10.6 Å². The van der Waals surface area contributed by atoms with Crippen molar-refractivity contribution in [3.8, 4) is 0 Å². The minimum atomic E-state index is 0.832. The normalized spacial score (nSPS) is 18.3. The molecule has 0 unspecified atom stereocenters. The topological polar surface area (TPSA) is 62.7 Å². The van der Waals surface area contributed by atoms with E-state index in [1.54, 1.807) is 0 Å². The lowest BCUT2D eigenvalue weighted by Gasteiger charge is -2.22. The summed E-state index contributed by atoms with van der Waals surface area (Å²) in [6, 6.07) is 0. The van der Waals surface area contributed by atoms with Crippen molar-refractivity contribution in [2.45, 2.75) is 19.3 Å². The number of hydrogen-bond acceptors (Lipinski definition) is 6. The number of aromatic nitrogens is 3. The van der Waals surface area contributed by atoms with Gasteiger partial charge in [-0.1, -0.05) is 9.59 Å². The first-order valence-corrected chi connectivity index (χ1v) is 5.82. The van der Waals surface area contributed by atoms with Gasteiger partial charge in [0.25, 0.3) is 0 Å². The lowest BCUT2D eigenvalue weighted by atomic mass is 9.95. The highest BCUT2D eigenvalue weighted by Crippen LogP contribution is 2.16. The highest BCUT2D eigenvalue weighted by atomic mass is 32.1. The average molecular weight is 213 g/mol. The summed E-state index contributed by atoms with van der Waals surface area (Å²) in [5.41, 5.74) is 0. The second-order valence-electron chi connectivity index (χ2n) is 3.58. The van der Waals surface area contributed by atoms with Crippen LogP contribution in [-0.2, 0) is 0 Å². The smallest absolute Gasteiger partial charge is 0.225 e. The fourth-order valence-corrected chi connectivity index (χ4v) is 2.15. The Labute approximate surface area is 87.5 Å². The van der Waals surface area contributed by atoms with Crippen molar-refractivity contribution in [1.29, 1.82) is 0 Å². The van der Waals surface area contributed by atoms with E-state index >= 15 is 0 Å². The zero-order chi connectivity index (χ0) is 9.64. The molecule has 0 amide bonds. The Morgan fingerprint density at radius 3 is 3.00 bits per heavy atom. The van der Waals surface area contributed by atoms with Crippen LogP contribution in [0.5, 0.6) is 0 Å². The Kier molecular flexibility index (Phi) is 3.64. The van der Waals surface area contributed by atoms with Crippen LogP contribution in [-0.4, -0.2) is 34.4 Å². The lowest BCUT2D eigenvalue weighted by Crippen LogP contribution is -2.28. The van der Waals surface area contributed by atoms with Gasteiger partial charge < -0.3 is 10.6 Å². The SMILES string of the molecule is C1CC(CCNc2nnns2)CCN1. The van der Waals surface area contributed by atoms with Crippen molar-refractivity contribution in [3.63, 3.8) is 0 Å². The Balaban J connectivity index is 1.62. The standard InChI is InChI=1S/C8H15N5S/c1-4-9-5-2-7(1)3-6-10-8-11-12-13-14-8/h7,9H,1-6H2,(H,10,11,13). The molecule has 0 atom stereocenters. The van der Waals surface area contributed by atoms with Gasteiger partial charge in [-0.2, -0.15) is 0 Å². The van der Waals surface area contributed by atoms with E-state index < -0.39 is 0 Å². The number of rotatable bonds is 4. The van der Waals surface area contributed by atoms with Crippen LogP contribution in [0.4, 0.5) is 5.13 Å². The Bertz CT molecular complexity index is 244. The Morgan fingerprint density at radius 1 is 1.43 bits per heavy atom. The van der Waals surface area contributed by atoms with Gasteiger partial charge in [0.05, 0.1) is 0 Å². The molecule has 2 rings (SSSR count). The maximum atomic E-state index is 3.83. The van der Waals surface area contributed by atoms with Gasteiger partial charge in [0.1, 0.15) is 0 Å². The van der Waals surface area contributed by atoms with Gasteiger partial charge in [-0.05, 0) is 43.5 Å². The number of piperidine rings is 1. The summed E-state index contributed by atoms with van der Waals surface area (Å²) in [5.74, 6) is 0.865. The van der Waals surface area contributed by atoms with Crippen molar-refractivity contribution in [2.24, 2.45) is 5.92 Å². The van der Waals surface area contributed by atoms with Crippen LogP contribution in [0.2, 0.25) is 0 Å². The third-order valence-corrected chi connectivity index (χ3v) is 3.14. The molecule has 2 heterocycles. The quantitative estimate of drug-likeness (QED) is 0.772. The van der Waals surface area contributed by atoms with E-state index in [4.69, 9.17) is 0 Å². The molecule has 1 fully saturated rings. The average Bonchev–Trinajstić information content (AvgIpc) is 2.72. The molecule has 0 aliphatic carbocycles. The zero-order valence-electron chi connectivity index (χ0n) is 8.07. The first-order chi connectivity index (χ1) is 6.95. The van der Waals surface area contributed by atoms with Gasteiger partial charge in [-0.25, -0.2) is 0 Å². The fraction of sp³-hybridized carbons (Fsp3) is 0.875. The summed E-state index contributed by atoms with van der Waals surface area (Å²) in [6.45, 7) is 3.33. The van der Waals surface area contributed by atoms with Crippen LogP contribution in [0.25, 0.3) is 0 Å². The molecule has 5 nitrogen and oxygen atoms in total. The monoisotopic (exact) mass is 213 g/mol. The lowest BCUT2D eigenvalue weighted by molar-refractivity contribution is 0.361. The molecular weight excluding hydrogens is 198 g/mol. The molecule has 6 heteroatoms. The van der Waals surface area contributed by atoms with Gasteiger partial charge in [0.15, 0.2) is 0 Å². The molecule has 1 aliphatic rings. The summed E-state index contributed by atoms with van der Waals surface area (Å²) >= 11 is 1.31. The van der Waals surface area contributed by atoms with E-state index in [1.807, 2.05) is 0 Å². The molecule has 0 radical (unpaired) electrons. The molecular formula is C8H15N5S. The molecule has 0 aromatic carbocycles. The van der Waals surface area contributed by atoms with Gasteiger partial charge in [-0.3, -0.25) is 0 Å². The van der Waals surface area contributed by atoms with Crippen LogP contribution in [0.3, 0.4) is 0 Å². The maximum absolute atomic E-state index is 3.83. The third-order valence-electron chi connectivity index (χ3n) is 2.59. The second kappa shape index (κ2) is 5.21. The van der Waals surface area contributed by atoms with Gasteiger partial charge in [0.2, 0.25) is 5.13 Å². The van der Waals surface area contributed by atoms with E-state index in [0.29, 0.717) is 0 Å². The summed E-state index contributed by atoms with van der Waals surface area (Å²) < 4.78 is 3.70. The molecule has 0 saturated carbocycles. The van der Waals surface area contributed by atoms with Gasteiger partial charge in [0, 0.05) is 18.1 Å². The van der Waals surface area contributed by atoms with E-state index in [-0.39, 0.29) is 0 Å². The predicted octanol–water partition coefficient (Wildman–Crippen LogP) is 0.735. The molecule has 14 heavy (non-hydrogen) atoms. The van der Waals surface area contributed by atoms with Crippen LogP contribution >= 0.6 is 11.5 Å². The molecule has 0 bridgehead atoms. The molecule has 1 saturated heterocycles. The van der Waals surface area contributed by atoms with Crippen molar-refractivity contribution in [3.05, 3.63) is 0 Å². The molecule has 1 aliphatic heterocycles. The summed E-state index contributed by atoms with van der Waals surface area (Å²) in [6.07, 6.45) is 3.83. The van der Waals surface area contributed by atoms with Crippen molar-refractivity contribution >= 4 is 16.7 Å². The van der Waals surface area contributed by atoms with E-state index in [0.717, 1.165) is 17.6 Å². The summed E-state index contributed by atoms with van der Waals surface area (Å²) in [5, 5.41) is 14.8. The first-order valence-electron chi connectivity index (χ1n) is 5.05. The van der Waals surface area contributed by atoms with Crippen molar-refractivity contribution in [2.75, 3.05) is 25.0 Å². The van der Waals surface area contributed by atoms with Crippen LogP contribution in [0.15, 0.2) is 0 Å². The number of anilines is 1. The van der Waals surface area contributed by atoms with Gasteiger partial charge >= 0.3 is 0 Å². The second-order valence-corrected chi connectivity index (χ2v) is 4.31. The number of nitrogens with one attached hydrogen (secondary N) is 2. The largest absolute Gasteiger partial charge is 0.359 e. The fourth-order valence-electron chi connectivity index (χ4n) is 1.76. The maximum Gasteiger partial charge on any atom is 0.225 e. The number of hydrogen-bond donors (Lipinski definition) is 2. The summed E-state index contributed by atoms with van der Waals surface area (Å²) in [7, 11) is 0. The third kappa shape index (κ3) is 2.88. The molecule has 0 spiro atoms. The van der Waals surface area contributed by atoms with E-state index in [2.05, 4.69) is 25.4 Å². The molecule has 1 aromatic rings. The van der Waals surface area contributed by atoms with Crippen molar-refractivity contribution in [1.82, 2.24) is 20.1 Å². The minimum Gasteiger partial charge on any atom is -0.359 e. The van der Waals surface area contributed by atoms with Gasteiger partial charge in [-0.15, -0.1) is 0 Å². The molecule has 2 N–H and O–H groups in total. The van der Waals surface area contributed by atoms with Crippen LogP contribution in [0, 0.1) is 5.92 Å². The number of nitrogens with zero attached hydrogens (tertiary/aromatic N) is 3. The van der Waals surface area contributed by atoms with Crippen molar-refractivity contribution < 1.29 is 0 Å². The predicted molar refractivity (Wildman–Crippen MR) is 56.4 cm³/mol. The van der Waals surface area contributed by atoms with E-state index in [1.165, 1.54) is 43.9 Å². The van der Waals surface area contributed by atoms with E-state index in [9.17, 15) is 0 Å². The first kappa shape index (κ1) is 9.79. The molecule has 78 valence electrons. The molecule has 1 aromatic heterocycles. The summed E-state index contributed by atoms with van der Waals surface area (Å²) in [4.78, 5) is 0. The Hall–Kier alpha value is -0.750. The van der Waals surface area contributed by atoms with Crippen LogP contribution in [0.1, 0.15) is 19.3 Å². The zero-order valence-corrected chi connectivity index (χ0v) is 8.89. The highest BCUT2D eigenvalue weighted by molar-refractivity contribution is 7.09. The highest BCUT2D eigenvalue weighted by Gasteiger charge is 2.12. The Morgan fingerprint density at radius 2 is 2.29 bits per heavy atom. The minimum absolute atomic E-state index is 0.832.